The van der Waals surface area contributed by atoms with Crippen LogP contribution in [0.25, 0.3) is 0 Å². The molecule has 0 aromatic carbocycles. The number of thiol groups is 1. The van der Waals surface area contributed by atoms with Crippen molar-refractivity contribution in [1.82, 2.24) is 19.5 Å². The number of hydrogen-bond acceptors (Lipinski definition) is 4. The van der Waals surface area contributed by atoms with E-state index in [1.54, 1.807) is 0 Å². The van der Waals surface area contributed by atoms with E-state index in [0.717, 1.165) is 16.9 Å². The van der Waals surface area contributed by atoms with Gasteiger partial charge >= 0.3 is 0 Å². The molecule has 1 N–H and O–H groups in total. The van der Waals surface area contributed by atoms with Crippen LogP contribution in [0, 0.1) is 0 Å². The molecule has 1 heterocycles. The van der Waals surface area contributed by atoms with Gasteiger partial charge in [-0.3, -0.25) is 4.79 Å². The van der Waals surface area contributed by atoms with Gasteiger partial charge in [-0.05, 0) is 25.7 Å². The second-order valence-corrected chi connectivity index (χ2v) is 3.10. The van der Waals surface area contributed by atoms with Gasteiger partial charge in [-0.25, -0.2) is 4.98 Å². The minimum Gasteiger partial charge on any atom is -0.347 e. The summed E-state index contributed by atoms with van der Waals surface area (Å²) < 4.78 is 1.16. The summed E-state index contributed by atoms with van der Waals surface area (Å²) in [5.74, 6) is 0.0373. The minimum atomic E-state index is -0.204. The minimum absolute atomic E-state index is 0.204. The molecule has 12 heavy (non-hydrogen) atoms. The number of carbonyl (C=O) groups is 1. The van der Waals surface area contributed by atoms with Gasteiger partial charge in [0.2, 0.25) is 5.82 Å². The Bertz CT molecular complexity index is 306. The summed E-state index contributed by atoms with van der Waals surface area (Å²) in [4.78, 5) is 15.1. The summed E-state index contributed by atoms with van der Waals surface area (Å²) in [5.41, 5.74) is 0. The molecule has 1 aliphatic carbocycles. The van der Waals surface area contributed by atoms with E-state index < -0.39 is 0 Å². The number of amides is 1. The van der Waals surface area contributed by atoms with E-state index in [-0.39, 0.29) is 11.7 Å². The number of nitrogens with zero attached hydrogens (tertiary/aromatic N) is 3. The molecule has 0 saturated heterocycles. The maximum atomic E-state index is 11.3. The summed E-state index contributed by atoms with van der Waals surface area (Å²) in [6, 6.07) is 0.336. The van der Waals surface area contributed by atoms with E-state index in [9.17, 15) is 4.79 Å². The van der Waals surface area contributed by atoms with Gasteiger partial charge in [0.1, 0.15) is 6.33 Å². The summed E-state index contributed by atoms with van der Waals surface area (Å²) in [6.45, 7) is 0. The SMILES string of the molecule is O=C(NC1CC1)c1ncnn1S. The van der Waals surface area contributed by atoms with Gasteiger partial charge in [-0.15, -0.1) is 5.10 Å². The highest BCUT2D eigenvalue weighted by Gasteiger charge is 2.25. The lowest BCUT2D eigenvalue weighted by Gasteiger charge is -1.99. The van der Waals surface area contributed by atoms with Gasteiger partial charge < -0.3 is 5.32 Å². The molecule has 1 amide bonds. The summed E-state index contributed by atoms with van der Waals surface area (Å²) >= 11 is 3.91. The Labute approximate surface area is 74.7 Å². The van der Waals surface area contributed by atoms with Crippen LogP contribution in [0.4, 0.5) is 0 Å². The topological polar surface area (TPSA) is 59.8 Å². The first-order valence-electron chi connectivity index (χ1n) is 3.67. The number of aromatic nitrogens is 3. The molecule has 0 atom stereocenters. The lowest BCUT2D eigenvalue weighted by molar-refractivity contribution is 0.0940. The molecule has 1 aromatic rings. The number of rotatable bonds is 2. The van der Waals surface area contributed by atoms with Crippen LogP contribution in [0.3, 0.4) is 0 Å². The summed E-state index contributed by atoms with van der Waals surface area (Å²) in [6.07, 6.45) is 3.42. The quantitative estimate of drug-likeness (QED) is 0.629. The van der Waals surface area contributed by atoms with Crippen molar-refractivity contribution >= 4 is 18.7 Å². The third kappa shape index (κ3) is 1.42. The van der Waals surface area contributed by atoms with Crippen molar-refractivity contribution in [3.63, 3.8) is 0 Å². The zero-order valence-corrected chi connectivity index (χ0v) is 7.16. The van der Waals surface area contributed by atoms with E-state index in [1.807, 2.05) is 0 Å². The predicted octanol–water partition coefficient (Wildman–Crippen LogP) is -0.137. The van der Waals surface area contributed by atoms with Crippen LogP contribution in [0.2, 0.25) is 0 Å². The molecule has 6 heteroatoms. The molecule has 1 aliphatic rings. The van der Waals surface area contributed by atoms with E-state index in [0.29, 0.717) is 6.04 Å². The normalized spacial score (nSPS) is 16.1. The highest BCUT2D eigenvalue weighted by Crippen LogP contribution is 2.18. The fourth-order valence-electron chi connectivity index (χ4n) is 0.863. The average Bonchev–Trinajstić information content (AvgIpc) is 2.72. The van der Waals surface area contributed by atoms with E-state index in [4.69, 9.17) is 0 Å². The Kier molecular flexibility index (Phi) is 1.76. The Morgan fingerprint density at radius 3 is 3.00 bits per heavy atom. The molecule has 1 saturated carbocycles. The Balaban J connectivity index is 2.07. The van der Waals surface area contributed by atoms with Crippen LogP contribution in [-0.4, -0.2) is 26.1 Å². The molecule has 0 radical (unpaired) electrons. The van der Waals surface area contributed by atoms with Crippen LogP contribution in [-0.2, 0) is 0 Å². The van der Waals surface area contributed by atoms with E-state index in [1.165, 1.54) is 6.33 Å². The van der Waals surface area contributed by atoms with Gasteiger partial charge in [0.25, 0.3) is 5.91 Å². The third-order valence-corrected chi connectivity index (χ3v) is 1.94. The number of nitrogens with one attached hydrogen (secondary N) is 1. The second-order valence-electron chi connectivity index (χ2n) is 2.72. The fourth-order valence-corrected chi connectivity index (χ4v) is 1.05. The summed E-state index contributed by atoms with van der Waals surface area (Å²) in [5, 5.41) is 6.46. The predicted molar refractivity (Wildman–Crippen MR) is 44.9 cm³/mol. The van der Waals surface area contributed by atoms with Crippen molar-refractivity contribution < 1.29 is 4.79 Å². The molecular weight excluding hydrogens is 176 g/mol. The van der Waals surface area contributed by atoms with Crippen LogP contribution >= 0.6 is 12.8 Å². The highest BCUT2D eigenvalue weighted by molar-refractivity contribution is 7.78. The molecule has 0 unspecified atom stereocenters. The van der Waals surface area contributed by atoms with Crippen molar-refractivity contribution in [2.24, 2.45) is 0 Å². The smallest absolute Gasteiger partial charge is 0.290 e. The van der Waals surface area contributed by atoms with E-state index in [2.05, 4.69) is 28.2 Å². The molecule has 5 nitrogen and oxygen atoms in total. The molecule has 0 spiro atoms. The first-order valence-corrected chi connectivity index (χ1v) is 4.07. The maximum absolute atomic E-state index is 11.3. The average molecular weight is 184 g/mol. The zero-order valence-electron chi connectivity index (χ0n) is 6.27. The Hall–Kier alpha value is -1.04. The molecule has 1 fully saturated rings. The maximum Gasteiger partial charge on any atom is 0.290 e. The number of carbonyl (C=O) groups excluding carboxylic acids is 1. The van der Waals surface area contributed by atoms with Gasteiger partial charge in [0.05, 0.1) is 0 Å². The fraction of sp³-hybridized carbons (Fsp3) is 0.500. The third-order valence-electron chi connectivity index (χ3n) is 1.65. The van der Waals surface area contributed by atoms with Crippen LogP contribution in [0.15, 0.2) is 6.33 Å². The van der Waals surface area contributed by atoms with Crippen LogP contribution in [0.1, 0.15) is 23.5 Å². The van der Waals surface area contributed by atoms with Crippen molar-refractivity contribution in [2.45, 2.75) is 18.9 Å². The first-order chi connectivity index (χ1) is 5.77. The lowest BCUT2D eigenvalue weighted by atomic mass is 10.5. The second kappa shape index (κ2) is 2.78. The number of hydrogen-bond donors (Lipinski definition) is 2. The molecular formula is C6H8N4OS. The Morgan fingerprint density at radius 1 is 1.75 bits per heavy atom. The zero-order chi connectivity index (χ0) is 8.55. The van der Waals surface area contributed by atoms with Crippen molar-refractivity contribution in [1.29, 1.82) is 0 Å². The highest BCUT2D eigenvalue weighted by atomic mass is 32.1. The molecule has 0 aliphatic heterocycles. The largest absolute Gasteiger partial charge is 0.347 e. The van der Waals surface area contributed by atoms with Crippen molar-refractivity contribution in [2.75, 3.05) is 0 Å². The molecule has 2 rings (SSSR count). The van der Waals surface area contributed by atoms with Crippen LogP contribution in [0.5, 0.6) is 0 Å². The lowest BCUT2D eigenvalue weighted by Crippen LogP contribution is -2.27. The monoisotopic (exact) mass is 184 g/mol. The van der Waals surface area contributed by atoms with Crippen molar-refractivity contribution in [3.05, 3.63) is 12.2 Å². The van der Waals surface area contributed by atoms with Crippen LogP contribution < -0.4 is 5.32 Å². The van der Waals surface area contributed by atoms with Gasteiger partial charge in [-0.2, -0.15) is 4.09 Å². The standard InChI is InChI=1S/C6H8N4OS/c11-6(9-4-1-2-4)5-7-3-8-10(5)12/h3-4,12H,1-2H2,(H,9,11). The van der Waals surface area contributed by atoms with Gasteiger partial charge in [-0.1, -0.05) is 0 Å². The molecule has 1 aromatic heterocycles. The van der Waals surface area contributed by atoms with E-state index >= 15 is 0 Å². The summed E-state index contributed by atoms with van der Waals surface area (Å²) in [7, 11) is 0. The molecule has 0 bridgehead atoms. The van der Waals surface area contributed by atoms with Gasteiger partial charge in [0, 0.05) is 6.04 Å². The first kappa shape index (κ1) is 7.60. The molecule has 64 valence electrons. The van der Waals surface area contributed by atoms with Gasteiger partial charge in [0.15, 0.2) is 0 Å². The van der Waals surface area contributed by atoms with Crippen molar-refractivity contribution in [3.8, 4) is 0 Å². The Morgan fingerprint density at radius 2 is 2.50 bits per heavy atom.